The van der Waals surface area contributed by atoms with E-state index >= 15 is 0 Å². The van der Waals surface area contributed by atoms with Crippen LogP contribution in [0.4, 0.5) is 34.5 Å². The number of rotatable bonds is 11. The number of likely N-dealkylation sites (N-methyl/N-ethyl adjacent to an activating group) is 1. The fourth-order valence-electron chi connectivity index (χ4n) is 5.66. The fraction of sp³-hybridized carbons (Fsp3) is 0.419. The normalized spacial score (nSPS) is 16.9. The van der Waals surface area contributed by atoms with Crippen LogP contribution in [0.2, 0.25) is 30.7 Å². The topological polar surface area (TPSA) is 126 Å². The highest BCUT2D eigenvalue weighted by molar-refractivity contribution is 7.92. The SMILES string of the molecule is CN1CCN2c3ccc(Nc4nc(Nc5ccccc5NS(C)(=O)=O)c5c(Cl)cn(COCC[Si](C)(C)C)c5n4)cc3OC[C@H]2C1. The standard InChI is InChI=1S/C31H41ClN8O4SSi/c1-38-12-13-40-22(17-38)19-44-27-16-21(10-11-26(27)40)33-31-35-29(34-24-8-6-7-9-25(24)37-45(2,41)42)28-23(32)18-39(30(28)36-31)20-43-14-15-46(3,4)5/h6-11,16,18,22,37H,12-15,17,19-20H2,1-5H3,(H2,33,34,35,36)/t22-/m1/s1. The van der Waals surface area contributed by atoms with Crippen LogP contribution >= 0.6 is 11.6 Å². The summed E-state index contributed by atoms with van der Waals surface area (Å²) in [5.41, 5.74) is 3.32. The van der Waals surface area contributed by atoms with Crippen molar-refractivity contribution >= 4 is 75.2 Å². The molecule has 0 aliphatic carbocycles. The van der Waals surface area contributed by atoms with Crippen LogP contribution in [0.3, 0.4) is 0 Å². The lowest BCUT2D eigenvalue weighted by molar-refractivity contribution is 0.0899. The zero-order valence-electron chi connectivity index (χ0n) is 26.8. The smallest absolute Gasteiger partial charge is 0.231 e. The Balaban J connectivity index is 1.34. The molecule has 2 aromatic heterocycles. The Kier molecular flexibility index (Phi) is 9.09. The second kappa shape index (κ2) is 12.9. The number of nitrogens with zero attached hydrogens (tertiary/aromatic N) is 5. The van der Waals surface area contributed by atoms with Crippen molar-refractivity contribution in [2.45, 2.75) is 38.5 Å². The van der Waals surface area contributed by atoms with E-state index in [1.54, 1.807) is 24.4 Å². The first-order valence-electron chi connectivity index (χ1n) is 15.3. The Morgan fingerprint density at radius 3 is 2.63 bits per heavy atom. The van der Waals surface area contributed by atoms with Gasteiger partial charge < -0.3 is 34.5 Å². The first kappa shape index (κ1) is 32.4. The molecule has 0 saturated carbocycles. The van der Waals surface area contributed by atoms with Gasteiger partial charge in [0.1, 0.15) is 24.9 Å². The van der Waals surface area contributed by atoms with Gasteiger partial charge in [-0.15, -0.1) is 0 Å². The van der Waals surface area contributed by atoms with Crippen molar-refractivity contribution in [1.29, 1.82) is 0 Å². The van der Waals surface area contributed by atoms with E-state index in [9.17, 15) is 8.42 Å². The summed E-state index contributed by atoms with van der Waals surface area (Å²) < 4.78 is 40.9. The van der Waals surface area contributed by atoms with Crippen LogP contribution in [0.25, 0.3) is 11.0 Å². The molecule has 46 heavy (non-hydrogen) atoms. The number of anilines is 6. The number of aromatic nitrogens is 3. The van der Waals surface area contributed by atoms with E-state index in [-0.39, 0.29) is 6.73 Å². The highest BCUT2D eigenvalue weighted by atomic mass is 35.5. The Hall–Kier alpha value is -3.56. The average molecular weight is 685 g/mol. The minimum atomic E-state index is -3.53. The number of fused-ring (bicyclic) bond motifs is 4. The highest BCUT2D eigenvalue weighted by Crippen LogP contribution is 2.39. The van der Waals surface area contributed by atoms with E-state index in [4.69, 9.17) is 31.0 Å². The van der Waals surface area contributed by atoms with Crippen LogP contribution in [-0.4, -0.2) is 88.1 Å². The molecule has 4 heterocycles. The molecule has 6 rings (SSSR count). The van der Waals surface area contributed by atoms with Gasteiger partial charge in [-0.3, -0.25) is 4.72 Å². The third-order valence-electron chi connectivity index (χ3n) is 8.01. The van der Waals surface area contributed by atoms with Crippen molar-refractivity contribution < 1.29 is 17.9 Å². The van der Waals surface area contributed by atoms with Crippen molar-refractivity contribution in [1.82, 2.24) is 19.4 Å². The quantitative estimate of drug-likeness (QED) is 0.132. The van der Waals surface area contributed by atoms with Crippen molar-refractivity contribution in [2.24, 2.45) is 0 Å². The van der Waals surface area contributed by atoms with Crippen LogP contribution in [0.5, 0.6) is 5.75 Å². The predicted molar refractivity (Wildman–Crippen MR) is 189 cm³/mol. The number of hydrogen-bond acceptors (Lipinski definition) is 10. The maximum atomic E-state index is 12.1. The van der Waals surface area contributed by atoms with Gasteiger partial charge >= 0.3 is 0 Å². The van der Waals surface area contributed by atoms with Crippen LogP contribution in [0.15, 0.2) is 48.7 Å². The predicted octanol–water partition coefficient (Wildman–Crippen LogP) is 5.77. The summed E-state index contributed by atoms with van der Waals surface area (Å²) in [7, 11) is -2.65. The summed E-state index contributed by atoms with van der Waals surface area (Å²) in [5, 5.41) is 7.69. The molecule has 15 heteroatoms. The van der Waals surface area contributed by atoms with Gasteiger partial charge in [0.05, 0.1) is 39.8 Å². The molecule has 0 spiro atoms. The molecule has 2 aromatic carbocycles. The Bertz CT molecular complexity index is 1850. The number of para-hydroxylation sites is 2. The monoisotopic (exact) mass is 684 g/mol. The van der Waals surface area contributed by atoms with E-state index in [1.807, 2.05) is 22.8 Å². The van der Waals surface area contributed by atoms with Crippen molar-refractivity contribution in [2.75, 3.05) is 66.4 Å². The first-order valence-corrected chi connectivity index (χ1v) is 21.3. The van der Waals surface area contributed by atoms with Gasteiger partial charge in [0.2, 0.25) is 16.0 Å². The maximum absolute atomic E-state index is 12.1. The van der Waals surface area contributed by atoms with E-state index in [0.717, 1.165) is 49.1 Å². The maximum Gasteiger partial charge on any atom is 0.231 e. The van der Waals surface area contributed by atoms with Gasteiger partial charge in [-0.2, -0.15) is 9.97 Å². The van der Waals surface area contributed by atoms with E-state index < -0.39 is 18.1 Å². The Morgan fingerprint density at radius 1 is 1.09 bits per heavy atom. The van der Waals surface area contributed by atoms with Crippen molar-refractivity contribution in [3.8, 4) is 5.75 Å². The van der Waals surface area contributed by atoms with E-state index in [1.165, 1.54) is 0 Å². The van der Waals surface area contributed by atoms with Gasteiger partial charge in [0.15, 0.2) is 5.65 Å². The molecule has 2 aliphatic heterocycles. The fourth-order valence-corrected chi connectivity index (χ4v) is 7.29. The lowest BCUT2D eigenvalue weighted by Gasteiger charge is -2.44. The second-order valence-corrected chi connectivity index (χ2v) is 20.9. The van der Waals surface area contributed by atoms with Crippen LogP contribution in [-0.2, 0) is 21.5 Å². The number of hydrogen-bond donors (Lipinski definition) is 3. The molecular weight excluding hydrogens is 644 g/mol. The summed E-state index contributed by atoms with van der Waals surface area (Å²) in [6.45, 7) is 11.4. The minimum absolute atomic E-state index is 0.273. The molecule has 0 radical (unpaired) electrons. The highest BCUT2D eigenvalue weighted by Gasteiger charge is 2.32. The summed E-state index contributed by atoms with van der Waals surface area (Å²) >= 11 is 6.79. The lowest BCUT2D eigenvalue weighted by Crippen LogP contribution is -2.56. The van der Waals surface area contributed by atoms with Crippen molar-refractivity contribution in [3.63, 3.8) is 0 Å². The van der Waals surface area contributed by atoms with E-state index in [0.29, 0.717) is 58.5 Å². The van der Waals surface area contributed by atoms with Gasteiger partial charge in [-0.1, -0.05) is 43.4 Å². The molecule has 1 atom stereocenters. The molecule has 0 unspecified atom stereocenters. The zero-order valence-corrected chi connectivity index (χ0v) is 29.4. The summed E-state index contributed by atoms with van der Waals surface area (Å²) in [5.74, 6) is 1.55. The number of nitrogens with one attached hydrogen (secondary N) is 3. The molecule has 0 bridgehead atoms. The largest absolute Gasteiger partial charge is 0.489 e. The molecule has 3 N–H and O–H groups in total. The molecular formula is C31H41ClN8O4SSi. The van der Waals surface area contributed by atoms with Crippen molar-refractivity contribution in [3.05, 3.63) is 53.7 Å². The third-order valence-corrected chi connectivity index (χ3v) is 10.6. The third kappa shape index (κ3) is 7.52. The summed E-state index contributed by atoms with van der Waals surface area (Å²) in [4.78, 5) is 14.4. The molecule has 12 nitrogen and oxygen atoms in total. The Morgan fingerprint density at radius 2 is 1.87 bits per heavy atom. The molecule has 1 fully saturated rings. The minimum Gasteiger partial charge on any atom is -0.489 e. The van der Waals surface area contributed by atoms with Crippen LogP contribution < -0.4 is 25.0 Å². The van der Waals surface area contributed by atoms with Gasteiger partial charge in [0.25, 0.3) is 0 Å². The molecule has 246 valence electrons. The second-order valence-electron chi connectivity index (χ2n) is 13.2. The van der Waals surface area contributed by atoms with Crippen LogP contribution in [0.1, 0.15) is 0 Å². The zero-order chi connectivity index (χ0) is 32.6. The number of benzene rings is 2. The summed E-state index contributed by atoms with van der Waals surface area (Å²) in [6.07, 6.45) is 2.89. The molecule has 2 aliphatic rings. The number of sulfonamides is 1. The van der Waals surface area contributed by atoms with Gasteiger partial charge in [-0.25, -0.2) is 8.42 Å². The summed E-state index contributed by atoms with van der Waals surface area (Å²) in [6, 6.07) is 14.4. The van der Waals surface area contributed by atoms with Gasteiger partial charge in [-0.05, 0) is 37.4 Å². The van der Waals surface area contributed by atoms with Gasteiger partial charge in [0, 0.05) is 52.3 Å². The van der Waals surface area contributed by atoms with Crippen LogP contribution in [0, 0.1) is 0 Å². The number of piperazine rings is 1. The van der Waals surface area contributed by atoms with E-state index in [2.05, 4.69) is 57.9 Å². The number of halogens is 1. The number of ether oxygens (including phenoxy) is 2. The lowest BCUT2D eigenvalue weighted by atomic mass is 10.1. The molecule has 4 aromatic rings. The molecule has 0 amide bonds. The molecule has 1 saturated heterocycles. The Labute approximate surface area is 276 Å². The first-order chi connectivity index (χ1) is 21.8. The average Bonchev–Trinajstić information content (AvgIpc) is 3.29.